The highest BCUT2D eigenvalue weighted by Crippen LogP contribution is 2.32. The molecule has 0 N–H and O–H groups in total. The average molecular weight is 172 g/mol. The molecule has 1 aliphatic heterocycles. The van der Waals surface area contributed by atoms with E-state index in [0.717, 1.165) is 6.29 Å². The van der Waals surface area contributed by atoms with Gasteiger partial charge in [0.15, 0.2) is 5.79 Å². The molecule has 1 atom stereocenters. The van der Waals surface area contributed by atoms with Gasteiger partial charge in [-0.1, -0.05) is 13.8 Å². The Bertz CT molecular complexity index is 184. The van der Waals surface area contributed by atoms with E-state index in [9.17, 15) is 4.79 Å². The van der Waals surface area contributed by atoms with E-state index in [1.54, 1.807) is 0 Å². The molecule has 1 aliphatic rings. The van der Waals surface area contributed by atoms with Gasteiger partial charge in [0.2, 0.25) is 0 Å². The quantitative estimate of drug-likeness (QED) is 0.590. The third-order valence-corrected chi connectivity index (χ3v) is 2.14. The van der Waals surface area contributed by atoms with Gasteiger partial charge in [-0.15, -0.1) is 0 Å². The van der Waals surface area contributed by atoms with Crippen LogP contribution in [0.15, 0.2) is 0 Å². The Morgan fingerprint density at radius 2 is 2.08 bits per heavy atom. The maximum atomic E-state index is 10.7. The fourth-order valence-corrected chi connectivity index (χ4v) is 1.13. The summed E-state index contributed by atoms with van der Waals surface area (Å²) in [6.45, 7) is 7.92. The van der Waals surface area contributed by atoms with Crippen LogP contribution in [0.3, 0.4) is 0 Å². The average Bonchev–Trinajstić information content (AvgIpc) is 2.31. The molecule has 1 heterocycles. The molecular formula is C9H16O3. The topological polar surface area (TPSA) is 35.5 Å². The van der Waals surface area contributed by atoms with Crippen molar-refractivity contribution in [1.82, 2.24) is 0 Å². The van der Waals surface area contributed by atoms with Crippen molar-refractivity contribution in [3.05, 3.63) is 0 Å². The van der Waals surface area contributed by atoms with Crippen LogP contribution >= 0.6 is 0 Å². The largest absolute Gasteiger partial charge is 0.348 e. The van der Waals surface area contributed by atoms with Crippen LogP contribution in [0.2, 0.25) is 0 Å². The van der Waals surface area contributed by atoms with Gasteiger partial charge in [0.05, 0.1) is 12.7 Å². The van der Waals surface area contributed by atoms with Crippen LogP contribution in [0.1, 0.15) is 27.7 Å². The van der Waals surface area contributed by atoms with Gasteiger partial charge >= 0.3 is 0 Å². The van der Waals surface area contributed by atoms with Crippen molar-refractivity contribution in [3.63, 3.8) is 0 Å². The summed E-state index contributed by atoms with van der Waals surface area (Å²) in [6.07, 6.45) is 0.799. The molecule has 3 heteroatoms. The molecule has 0 aromatic heterocycles. The second-order valence-electron chi connectivity index (χ2n) is 4.26. The number of carbonyl (C=O) groups excluding carboxylic acids is 1. The molecule has 3 nitrogen and oxygen atoms in total. The van der Waals surface area contributed by atoms with Crippen LogP contribution in [-0.2, 0) is 14.3 Å². The van der Waals surface area contributed by atoms with Crippen LogP contribution in [0.25, 0.3) is 0 Å². The molecule has 0 aromatic rings. The van der Waals surface area contributed by atoms with Gasteiger partial charge < -0.3 is 14.3 Å². The minimum absolute atomic E-state index is 0.120. The smallest absolute Gasteiger partial charge is 0.163 e. The molecule has 1 fully saturated rings. The summed E-state index contributed by atoms with van der Waals surface area (Å²) >= 11 is 0. The third kappa shape index (κ3) is 1.84. The van der Waals surface area contributed by atoms with Crippen molar-refractivity contribution in [1.29, 1.82) is 0 Å². The number of carbonyl (C=O) groups is 1. The van der Waals surface area contributed by atoms with E-state index in [-0.39, 0.29) is 6.10 Å². The van der Waals surface area contributed by atoms with Crippen molar-refractivity contribution < 1.29 is 14.3 Å². The van der Waals surface area contributed by atoms with Gasteiger partial charge in [-0.05, 0) is 13.8 Å². The normalized spacial score (nSPS) is 28.8. The number of rotatable bonds is 2. The Labute approximate surface area is 73.0 Å². The Morgan fingerprint density at radius 3 is 2.42 bits per heavy atom. The van der Waals surface area contributed by atoms with Crippen LogP contribution < -0.4 is 0 Å². The second-order valence-corrected chi connectivity index (χ2v) is 4.26. The highest BCUT2D eigenvalue weighted by molar-refractivity contribution is 5.59. The summed E-state index contributed by atoms with van der Waals surface area (Å²) in [4.78, 5) is 10.7. The van der Waals surface area contributed by atoms with Crippen LogP contribution in [0.4, 0.5) is 0 Å². The van der Waals surface area contributed by atoms with Gasteiger partial charge in [-0.25, -0.2) is 0 Å². The van der Waals surface area contributed by atoms with Crippen LogP contribution in [0, 0.1) is 5.41 Å². The summed E-state index contributed by atoms with van der Waals surface area (Å²) in [6, 6.07) is 0. The van der Waals surface area contributed by atoms with E-state index >= 15 is 0 Å². The highest BCUT2D eigenvalue weighted by atomic mass is 16.7. The van der Waals surface area contributed by atoms with E-state index < -0.39 is 11.2 Å². The zero-order chi connectivity index (χ0) is 9.41. The molecule has 0 aromatic carbocycles. The Balaban J connectivity index is 2.63. The summed E-state index contributed by atoms with van der Waals surface area (Å²) in [5.74, 6) is -0.537. The maximum absolute atomic E-state index is 10.7. The summed E-state index contributed by atoms with van der Waals surface area (Å²) in [5.41, 5.74) is -0.451. The lowest BCUT2D eigenvalue weighted by molar-refractivity contribution is -0.154. The fourth-order valence-electron chi connectivity index (χ4n) is 1.13. The number of ether oxygens (including phenoxy) is 2. The van der Waals surface area contributed by atoms with Gasteiger partial charge in [0.25, 0.3) is 0 Å². The molecule has 1 unspecified atom stereocenters. The van der Waals surface area contributed by atoms with Crippen LogP contribution in [-0.4, -0.2) is 24.8 Å². The second kappa shape index (κ2) is 2.82. The van der Waals surface area contributed by atoms with E-state index in [1.807, 2.05) is 27.7 Å². The van der Waals surface area contributed by atoms with Gasteiger partial charge in [0.1, 0.15) is 6.29 Å². The SMILES string of the molecule is CC1(C)OCC(C(C)(C)C=O)O1. The Hall–Kier alpha value is -0.410. The molecule has 1 saturated heterocycles. The number of hydrogen-bond donors (Lipinski definition) is 0. The van der Waals surface area contributed by atoms with Gasteiger partial charge in [-0.3, -0.25) is 0 Å². The van der Waals surface area contributed by atoms with Gasteiger partial charge in [0, 0.05) is 5.41 Å². The predicted octanol–water partition coefficient (Wildman–Crippen LogP) is 1.36. The van der Waals surface area contributed by atoms with E-state index in [4.69, 9.17) is 9.47 Å². The fraction of sp³-hybridized carbons (Fsp3) is 0.889. The summed E-state index contributed by atoms with van der Waals surface area (Å²) in [5, 5.41) is 0. The first kappa shape index (κ1) is 9.68. The monoisotopic (exact) mass is 172 g/mol. The molecule has 0 amide bonds. The standard InChI is InChI=1S/C9H16O3/c1-8(2,6-10)7-5-11-9(3,4)12-7/h6-7H,5H2,1-4H3. The highest BCUT2D eigenvalue weighted by Gasteiger charge is 2.41. The minimum atomic E-state index is -0.537. The minimum Gasteiger partial charge on any atom is -0.348 e. The lowest BCUT2D eigenvalue weighted by atomic mass is 9.89. The first-order valence-corrected chi connectivity index (χ1v) is 4.15. The predicted molar refractivity (Wildman–Crippen MR) is 44.7 cm³/mol. The zero-order valence-electron chi connectivity index (χ0n) is 8.09. The van der Waals surface area contributed by atoms with Crippen molar-refractivity contribution in [2.75, 3.05) is 6.61 Å². The number of hydrogen-bond acceptors (Lipinski definition) is 3. The van der Waals surface area contributed by atoms with Crippen LogP contribution in [0.5, 0.6) is 0 Å². The molecule has 0 radical (unpaired) electrons. The van der Waals surface area contributed by atoms with E-state index in [0.29, 0.717) is 6.61 Å². The first-order valence-electron chi connectivity index (χ1n) is 4.15. The molecule has 70 valence electrons. The molecule has 0 saturated carbocycles. The van der Waals surface area contributed by atoms with Crippen molar-refractivity contribution in [2.45, 2.75) is 39.6 Å². The zero-order valence-corrected chi connectivity index (χ0v) is 8.09. The summed E-state index contributed by atoms with van der Waals surface area (Å²) in [7, 11) is 0. The molecule has 0 bridgehead atoms. The summed E-state index contributed by atoms with van der Waals surface area (Å²) < 4.78 is 10.9. The van der Waals surface area contributed by atoms with Gasteiger partial charge in [-0.2, -0.15) is 0 Å². The Kier molecular flexibility index (Phi) is 2.27. The lowest BCUT2D eigenvalue weighted by Gasteiger charge is -2.25. The lowest BCUT2D eigenvalue weighted by Crippen LogP contribution is -2.34. The molecule has 0 spiro atoms. The molecular weight excluding hydrogens is 156 g/mol. The van der Waals surface area contributed by atoms with E-state index in [2.05, 4.69) is 0 Å². The maximum Gasteiger partial charge on any atom is 0.163 e. The van der Waals surface area contributed by atoms with Crippen molar-refractivity contribution in [2.24, 2.45) is 5.41 Å². The Morgan fingerprint density at radius 1 is 1.50 bits per heavy atom. The number of aldehydes is 1. The molecule has 12 heavy (non-hydrogen) atoms. The third-order valence-electron chi connectivity index (χ3n) is 2.14. The first-order chi connectivity index (χ1) is 5.37. The van der Waals surface area contributed by atoms with Crippen molar-refractivity contribution >= 4 is 6.29 Å². The van der Waals surface area contributed by atoms with Crippen molar-refractivity contribution in [3.8, 4) is 0 Å². The van der Waals surface area contributed by atoms with E-state index in [1.165, 1.54) is 0 Å². The molecule has 1 rings (SSSR count). The molecule has 0 aliphatic carbocycles.